The van der Waals surface area contributed by atoms with Crippen molar-refractivity contribution in [3.63, 3.8) is 0 Å². The van der Waals surface area contributed by atoms with Gasteiger partial charge in [-0.15, -0.1) is 11.6 Å². The van der Waals surface area contributed by atoms with Gasteiger partial charge in [0.25, 0.3) is 0 Å². The first kappa shape index (κ1) is 12.5. The molecule has 2 nitrogen and oxygen atoms in total. The fraction of sp³-hybridized carbons (Fsp3) is 0.611. The monoisotopic (exact) mass is 300 g/mol. The minimum Gasteiger partial charge on any atom is -0.307 e. The molecule has 0 aromatic carbocycles. The van der Waals surface area contributed by atoms with Gasteiger partial charge in [0.2, 0.25) is 0 Å². The lowest BCUT2D eigenvalue weighted by Gasteiger charge is -2.59. The largest absolute Gasteiger partial charge is 0.307 e. The average Bonchev–Trinajstić information content (AvgIpc) is 2.79. The number of nitrogens with zero attached hydrogens (tertiary/aromatic N) is 2. The lowest BCUT2D eigenvalue weighted by Crippen LogP contribution is -2.55. The summed E-state index contributed by atoms with van der Waals surface area (Å²) in [5, 5.41) is 0. The van der Waals surface area contributed by atoms with Crippen molar-refractivity contribution in [2.75, 3.05) is 0 Å². The Morgan fingerprint density at radius 2 is 2.00 bits per heavy atom. The van der Waals surface area contributed by atoms with Crippen molar-refractivity contribution in [3.8, 4) is 0 Å². The number of hydrogen-bond acceptors (Lipinski definition) is 1. The highest BCUT2D eigenvalue weighted by Gasteiger charge is 2.58. The lowest BCUT2D eigenvalue weighted by molar-refractivity contribution is 0.00711. The van der Waals surface area contributed by atoms with E-state index in [9.17, 15) is 0 Å². The van der Waals surface area contributed by atoms with Crippen LogP contribution in [0.2, 0.25) is 0 Å². The van der Waals surface area contributed by atoms with Crippen LogP contribution < -0.4 is 0 Å². The molecule has 0 saturated heterocycles. The van der Waals surface area contributed by atoms with Crippen molar-refractivity contribution < 1.29 is 0 Å². The number of imidazole rings is 1. The second-order valence-electron chi connectivity index (χ2n) is 7.99. The van der Waals surface area contributed by atoms with Crippen LogP contribution in [0.3, 0.4) is 0 Å². The Morgan fingerprint density at radius 3 is 2.71 bits per heavy atom. The molecule has 3 heteroatoms. The van der Waals surface area contributed by atoms with Crippen LogP contribution >= 0.6 is 11.6 Å². The minimum atomic E-state index is 0.0653. The minimum absolute atomic E-state index is 0.0653. The molecule has 0 amide bonds. The van der Waals surface area contributed by atoms with Gasteiger partial charge in [-0.1, -0.05) is 0 Å². The van der Waals surface area contributed by atoms with Crippen LogP contribution in [0.4, 0.5) is 0 Å². The van der Waals surface area contributed by atoms with E-state index < -0.39 is 0 Å². The highest BCUT2D eigenvalue weighted by Crippen LogP contribution is 2.64. The van der Waals surface area contributed by atoms with Crippen LogP contribution in [-0.2, 0) is 5.41 Å². The summed E-state index contributed by atoms with van der Waals surface area (Å²) in [5.41, 5.74) is 3.92. The number of aryl methyl sites for hydroxylation is 1. The van der Waals surface area contributed by atoms with E-state index >= 15 is 0 Å². The van der Waals surface area contributed by atoms with E-state index in [0.29, 0.717) is 0 Å². The molecule has 4 bridgehead atoms. The second kappa shape index (κ2) is 3.84. The molecule has 4 aliphatic carbocycles. The number of hydrogen-bond donors (Lipinski definition) is 0. The zero-order valence-electron chi connectivity index (χ0n) is 12.5. The summed E-state index contributed by atoms with van der Waals surface area (Å²) < 4.78 is 2.18. The second-order valence-corrected chi connectivity index (χ2v) is 8.79. The molecule has 2 heterocycles. The maximum atomic E-state index is 6.96. The first-order chi connectivity index (χ1) is 10.0. The normalized spacial score (nSPS) is 41.0. The Balaban J connectivity index is 1.64. The molecule has 2 aromatic heterocycles. The topological polar surface area (TPSA) is 17.3 Å². The van der Waals surface area contributed by atoms with Gasteiger partial charge < -0.3 is 4.40 Å². The first-order valence-electron chi connectivity index (χ1n) is 8.19. The molecule has 4 fully saturated rings. The Kier molecular flexibility index (Phi) is 2.29. The summed E-state index contributed by atoms with van der Waals surface area (Å²) in [6.07, 6.45) is 12.0. The van der Waals surface area contributed by atoms with E-state index in [4.69, 9.17) is 16.6 Å². The highest BCUT2D eigenvalue weighted by atomic mass is 35.5. The molecule has 4 saturated carbocycles. The van der Waals surface area contributed by atoms with Crippen molar-refractivity contribution >= 4 is 17.2 Å². The Bertz CT molecular complexity index is 718. The molecular weight excluding hydrogens is 280 g/mol. The summed E-state index contributed by atoms with van der Waals surface area (Å²) in [6.45, 7) is 2.13. The molecule has 0 radical (unpaired) electrons. The van der Waals surface area contributed by atoms with Crippen molar-refractivity contribution in [1.82, 2.24) is 9.38 Å². The molecule has 4 aliphatic rings. The van der Waals surface area contributed by atoms with E-state index in [0.717, 1.165) is 23.9 Å². The zero-order chi connectivity index (χ0) is 14.2. The van der Waals surface area contributed by atoms with Gasteiger partial charge >= 0.3 is 0 Å². The molecule has 2 unspecified atom stereocenters. The maximum absolute atomic E-state index is 6.96. The third-order valence-electron chi connectivity index (χ3n) is 6.15. The van der Waals surface area contributed by atoms with E-state index in [2.05, 4.69) is 35.9 Å². The average molecular weight is 301 g/mol. The van der Waals surface area contributed by atoms with E-state index in [-0.39, 0.29) is 10.3 Å². The summed E-state index contributed by atoms with van der Waals surface area (Å²) in [4.78, 5) is 5.06. The molecule has 21 heavy (non-hydrogen) atoms. The fourth-order valence-corrected chi connectivity index (χ4v) is 6.48. The summed E-state index contributed by atoms with van der Waals surface area (Å²) >= 11 is 6.96. The van der Waals surface area contributed by atoms with Gasteiger partial charge in [0.05, 0.1) is 5.69 Å². The van der Waals surface area contributed by atoms with E-state index in [1.807, 2.05) is 0 Å². The predicted octanol–water partition coefficient (Wildman–Crippen LogP) is 4.47. The van der Waals surface area contributed by atoms with Crippen LogP contribution in [0.1, 0.15) is 49.8 Å². The van der Waals surface area contributed by atoms with Crippen molar-refractivity contribution in [2.45, 2.75) is 55.7 Å². The van der Waals surface area contributed by atoms with Gasteiger partial charge in [0.1, 0.15) is 5.65 Å². The predicted molar refractivity (Wildman–Crippen MR) is 84.9 cm³/mol. The highest BCUT2D eigenvalue weighted by molar-refractivity contribution is 6.24. The molecule has 2 aromatic rings. The lowest BCUT2D eigenvalue weighted by atomic mass is 9.48. The van der Waals surface area contributed by atoms with Crippen LogP contribution in [0.5, 0.6) is 0 Å². The molecule has 6 rings (SSSR count). The molecule has 0 N–H and O–H groups in total. The van der Waals surface area contributed by atoms with Gasteiger partial charge in [-0.3, -0.25) is 0 Å². The van der Waals surface area contributed by atoms with Crippen LogP contribution in [0.15, 0.2) is 24.5 Å². The quantitative estimate of drug-likeness (QED) is 0.710. The SMILES string of the molecule is Cc1ccn2cc(C34CC5CC(CC(Cl)(C5)C3)C4)nc2c1. The Labute approximate surface area is 130 Å². The van der Waals surface area contributed by atoms with Gasteiger partial charge in [-0.2, -0.15) is 0 Å². The van der Waals surface area contributed by atoms with Crippen molar-refractivity contribution in [2.24, 2.45) is 11.8 Å². The van der Waals surface area contributed by atoms with Crippen LogP contribution in [-0.4, -0.2) is 14.3 Å². The Hall–Kier alpha value is -1.02. The molecule has 0 aliphatic heterocycles. The number of fused-ring (bicyclic) bond motifs is 1. The molecule has 0 spiro atoms. The summed E-state index contributed by atoms with van der Waals surface area (Å²) in [5.74, 6) is 1.66. The van der Waals surface area contributed by atoms with Gasteiger partial charge in [0.15, 0.2) is 0 Å². The molecule has 2 atom stereocenters. The number of rotatable bonds is 1. The number of halogens is 1. The van der Waals surface area contributed by atoms with Crippen LogP contribution in [0, 0.1) is 18.8 Å². The third-order valence-corrected chi connectivity index (χ3v) is 6.59. The summed E-state index contributed by atoms with van der Waals surface area (Å²) in [7, 11) is 0. The van der Waals surface area contributed by atoms with E-state index in [1.165, 1.54) is 43.4 Å². The number of alkyl halides is 1. The van der Waals surface area contributed by atoms with Crippen molar-refractivity contribution in [1.29, 1.82) is 0 Å². The first-order valence-corrected chi connectivity index (χ1v) is 8.56. The number of pyridine rings is 1. The molecular formula is C18H21ClN2. The standard InChI is InChI=1S/C18H21ClN2/c1-12-2-3-21-10-15(20-16(21)4-12)17-6-13-5-14(7-17)9-18(19,8-13)11-17/h2-4,10,13-14H,5-9,11H2,1H3. The number of aromatic nitrogens is 2. The molecule has 110 valence electrons. The smallest absolute Gasteiger partial charge is 0.137 e. The maximum Gasteiger partial charge on any atom is 0.137 e. The summed E-state index contributed by atoms with van der Waals surface area (Å²) in [6, 6.07) is 4.33. The fourth-order valence-electron chi connectivity index (χ4n) is 5.79. The van der Waals surface area contributed by atoms with Crippen LogP contribution in [0.25, 0.3) is 5.65 Å². The Morgan fingerprint density at radius 1 is 1.24 bits per heavy atom. The van der Waals surface area contributed by atoms with Gasteiger partial charge in [0, 0.05) is 22.7 Å². The van der Waals surface area contributed by atoms with Gasteiger partial charge in [-0.25, -0.2) is 4.98 Å². The third kappa shape index (κ3) is 1.75. The van der Waals surface area contributed by atoms with E-state index in [1.54, 1.807) is 0 Å². The van der Waals surface area contributed by atoms with Crippen molar-refractivity contribution in [3.05, 3.63) is 35.8 Å². The van der Waals surface area contributed by atoms with Gasteiger partial charge in [-0.05, 0) is 75.0 Å². The zero-order valence-corrected chi connectivity index (χ0v) is 13.2.